The molecular weight excluding hydrogens is 467 g/mol. The van der Waals surface area contributed by atoms with E-state index < -0.39 is 29.5 Å². The van der Waals surface area contributed by atoms with Gasteiger partial charge in [0.15, 0.2) is 0 Å². The Labute approximate surface area is 197 Å². The topological polar surface area (TPSA) is 106 Å². The van der Waals surface area contributed by atoms with E-state index in [2.05, 4.69) is 10.4 Å². The second-order valence-electron chi connectivity index (χ2n) is 6.92. The maximum Gasteiger partial charge on any atom is 0.416 e. The van der Waals surface area contributed by atoms with Crippen LogP contribution in [0.2, 0.25) is 0 Å². The van der Waals surface area contributed by atoms with Crippen molar-refractivity contribution in [2.75, 3.05) is 12.4 Å². The van der Waals surface area contributed by atoms with Gasteiger partial charge in [0.25, 0.3) is 0 Å². The summed E-state index contributed by atoms with van der Waals surface area (Å²) in [6.07, 6.45) is -3.26. The van der Waals surface area contributed by atoms with E-state index in [1.807, 2.05) is 5.43 Å². The number of rotatable bonds is 6. The number of nitrogens with one attached hydrogen (secondary N) is 2. The molecule has 0 heterocycles. The zero-order valence-corrected chi connectivity index (χ0v) is 18.1. The lowest BCUT2D eigenvalue weighted by Crippen LogP contribution is -2.32. The molecule has 180 valence electrons. The van der Waals surface area contributed by atoms with Gasteiger partial charge in [-0.3, -0.25) is 9.59 Å². The zero-order chi connectivity index (χ0) is 25.4. The highest BCUT2D eigenvalue weighted by molar-refractivity contribution is 6.39. The second kappa shape index (κ2) is 11.0. The average Bonchev–Trinajstić information content (AvgIpc) is 2.84. The number of carbonyl (C=O) groups excluding carboxylic acids is 3. The normalized spacial score (nSPS) is 11.1. The van der Waals surface area contributed by atoms with Crippen LogP contribution in [0.1, 0.15) is 21.5 Å². The first-order valence-electron chi connectivity index (χ1n) is 9.93. The lowest BCUT2D eigenvalue weighted by molar-refractivity contribution is -0.137. The number of anilines is 1. The minimum atomic E-state index is -4.51. The lowest BCUT2D eigenvalue weighted by Gasteiger charge is -2.08. The molecule has 0 fully saturated rings. The van der Waals surface area contributed by atoms with Gasteiger partial charge < -0.3 is 14.8 Å². The molecule has 2 N–H and O–H groups in total. The molecule has 35 heavy (non-hydrogen) atoms. The maximum absolute atomic E-state index is 12.6. The number of hydrazone groups is 1. The smallest absolute Gasteiger partial charge is 0.416 e. The molecule has 0 atom stereocenters. The summed E-state index contributed by atoms with van der Waals surface area (Å²) >= 11 is 0. The van der Waals surface area contributed by atoms with Crippen molar-refractivity contribution in [3.05, 3.63) is 89.5 Å². The molecule has 0 aliphatic carbocycles. The van der Waals surface area contributed by atoms with Gasteiger partial charge >= 0.3 is 24.0 Å². The van der Waals surface area contributed by atoms with Crippen LogP contribution in [-0.4, -0.2) is 31.1 Å². The van der Waals surface area contributed by atoms with Crippen LogP contribution in [0.4, 0.5) is 18.9 Å². The fourth-order valence-electron chi connectivity index (χ4n) is 2.66. The number of nitrogens with zero attached hydrogens (tertiary/aromatic N) is 1. The van der Waals surface area contributed by atoms with Gasteiger partial charge in [-0.05, 0) is 78.4 Å². The molecule has 0 saturated carbocycles. The van der Waals surface area contributed by atoms with Crippen molar-refractivity contribution in [2.24, 2.45) is 5.10 Å². The summed E-state index contributed by atoms with van der Waals surface area (Å²) in [6, 6.07) is 16.2. The van der Waals surface area contributed by atoms with Crippen LogP contribution in [0.5, 0.6) is 11.5 Å². The predicted molar refractivity (Wildman–Crippen MR) is 120 cm³/mol. The summed E-state index contributed by atoms with van der Waals surface area (Å²) in [5.74, 6) is -1.90. The van der Waals surface area contributed by atoms with E-state index in [1.165, 1.54) is 25.5 Å². The lowest BCUT2D eigenvalue weighted by atomic mass is 10.2. The number of ether oxygens (including phenoxy) is 2. The van der Waals surface area contributed by atoms with Crippen molar-refractivity contribution >= 4 is 29.7 Å². The number of esters is 1. The molecule has 3 aromatic rings. The molecule has 0 spiro atoms. The monoisotopic (exact) mass is 485 g/mol. The second-order valence-corrected chi connectivity index (χ2v) is 6.92. The van der Waals surface area contributed by atoms with Crippen molar-refractivity contribution in [1.82, 2.24) is 5.43 Å². The van der Waals surface area contributed by atoms with Crippen LogP contribution in [0.25, 0.3) is 0 Å². The molecule has 0 saturated heterocycles. The van der Waals surface area contributed by atoms with Crippen LogP contribution >= 0.6 is 0 Å². The van der Waals surface area contributed by atoms with Crippen LogP contribution in [0, 0.1) is 0 Å². The van der Waals surface area contributed by atoms with E-state index >= 15 is 0 Å². The fourth-order valence-corrected chi connectivity index (χ4v) is 2.66. The summed E-state index contributed by atoms with van der Waals surface area (Å²) in [5.41, 5.74) is 2.01. The Morgan fingerprint density at radius 3 is 2.00 bits per heavy atom. The molecular formula is C24H18F3N3O5. The predicted octanol–water partition coefficient (Wildman–Crippen LogP) is 4.02. The van der Waals surface area contributed by atoms with Crippen LogP contribution < -0.4 is 20.2 Å². The minimum Gasteiger partial charge on any atom is -0.497 e. The zero-order valence-electron chi connectivity index (χ0n) is 18.1. The van der Waals surface area contributed by atoms with Gasteiger partial charge in [-0.2, -0.15) is 18.3 Å². The molecule has 3 rings (SSSR count). The minimum absolute atomic E-state index is 0.0157. The van der Waals surface area contributed by atoms with Crippen molar-refractivity contribution in [2.45, 2.75) is 6.18 Å². The standard InChI is InChI=1S/C24H18F3N3O5/c1-34-19-12-4-16(5-13-19)23(33)35-20-10-2-15(3-11-20)14-28-30-22(32)21(31)29-18-8-6-17(7-9-18)24(25,26)27/h2-14H,1H3,(H,29,31)(H,30,32). The summed E-state index contributed by atoms with van der Waals surface area (Å²) in [7, 11) is 1.52. The summed E-state index contributed by atoms with van der Waals surface area (Å²) in [5, 5.41) is 5.82. The van der Waals surface area contributed by atoms with E-state index in [0.29, 0.717) is 16.9 Å². The van der Waals surface area contributed by atoms with Gasteiger partial charge in [0.1, 0.15) is 11.5 Å². The molecule has 0 unspecified atom stereocenters. The molecule has 0 bridgehead atoms. The SMILES string of the molecule is COc1ccc(C(=O)Oc2ccc(C=NNC(=O)C(=O)Nc3ccc(C(F)(F)F)cc3)cc2)cc1. The van der Waals surface area contributed by atoms with E-state index in [1.54, 1.807) is 36.4 Å². The van der Waals surface area contributed by atoms with Gasteiger partial charge in [-0.15, -0.1) is 0 Å². The van der Waals surface area contributed by atoms with E-state index in [4.69, 9.17) is 9.47 Å². The highest BCUT2D eigenvalue weighted by Gasteiger charge is 2.30. The van der Waals surface area contributed by atoms with E-state index in [0.717, 1.165) is 24.3 Å². The van der Waals surface area contributed by atoms with Gasteiger partial charge in [-0.1, -0.05) is 0 Å². The van der Waals surface area contributed by atoms with Crippen molar-refractivity contribution in [3.63, 3.8) is 0 Å². The highest BCUT2D eigenvalue weighted by atomic mass is 19.4. The number of methoxy groups -OCH3 is 1. The average molecular weight is 485 g/mol. The van der Waals surface area contributed by atoms with Crippen molar-refractivity contribution < 1.29 is 37.0 Å². The molecule has 0 radical (unpaired) electrons. The number of hydrogen-bond acceptors (Lipinski definition) is 6. The molecule has 8 nitrogen and oxygen atoms in total. The van der Waals surface area contributed by atoms with Gasteiger partial charge in [-0.25, -0.2) is 10.2 Å². The molecule has 2 amide bonds. The maximum atomic E-state index is 12.6. The third kappa shape index (κ3) is 7.16. The number of alkyl halides is 3. The molecule has 0 aliphatic heterocycles. The van der Waals surface area contributed by atoms with Crippen LogP contribution in [-0.2, 0) is 15.8 Å². The Bertz CT molecular complexity index is 1220. The van der Waals surface area contributed by atoms with E-state index in [9.17, 15) is 27.6 Å². The number of hydrogen-bond donors (Lipinski definition) is 2. The van der Waals surface area contributed by atoms with Crippen LogP contribution in [0.3, 0.4) is 0 Å². The highest BCUT2D eigenvalue weighted by Crippen LogP contribution is 2.29. The van der Waals surface area contributed by atoms with Crippen LogP contribution in [0.15, 0.2) is 77.9 Å². The Morgan fingerprint density at radius 2 is 1.43 bits per heavy atom. The summed E-state index contributed by atoms with van der Waals surface area (Å²) < 4.78 is 48.0. The molecule has 0 aromatic heterocycles. The van der Waals surface area contributed by atoms with Gasteiger partial charge in [0.2, 0.25) is 0 Å². The number of carbonyl (C=O) groups is 3. The molecule has 3 aromatic carbocycles. The summed E-state index contributed by atoms with van der Waals surface area (Å²) in [6.45, 7) is 0. The third-order valence-electron chi connectivity index (χ3n) is 4.47. The number of benzene rings is 3. The molecule has 0 aliphatic rings. The number of amides is 2. The Hall–Kier alpha value is -4.67. The third-order valence-corrected chi connectivity index (χ3v) is 4.47. The van der Waals surface area contributed by atoms with E-state index in [-0.39, 0.29) is 11.4 Å². The largest absolute Gasteiger partial charge is 0.497 e. The van der Waals surface area contributed by atoms with Gasteiger partial charge in [0.05, 0.1) is 24.5 Å². The fraction of sp³-hybridized carbons (Fsp3) is 0.0833. The Morgan fingerprint density at radius 1 is 0.829 bits per heavy atom. The number of halogens is 3. The Kier molecular flexibility index (Phi) is 7.82. The van der Waals surface area contributed by atoms with Crippen molar-refractivity contribution in [1.29, 1.82) is 0 Å². The first-order valence-corrected chi connectivity index (χ1v) is 9.93. The first kappa shape index (κ1) is 25.0. The quantitative estimate of drug-likeness (QED) is 0.180. The first-order chi connectivity index (χ1) is 16.7. The van der Waals surface area contributed by atoms with Crippen molar-refractivity contribution in [3.8, 4) is 11.5 Å². The molecule has 11 heteroatoms. The Balaban J connectivity index is 1.49. The summed E-state index contributed by atoms with van der Waals surface area (Å²) in [4.78, 5) is 35.9. The van der Waals surface area contributed by atoms with Gasteiger partial charge in [0, 0.05) is 5.69 Å².